The van der Waals surface area contributed by atoms with Gasteiger partial charge in [0, 0.05) is 16.2 Å². The van der Waals surface area contributed by atoms with E-state index in [1.165, 1.54) is 10.5 Å². The molecule has 0 spiro atoms. The van der Waals surface area contributed by atoms with E-state index in [4.69, 9.17) is 5.84 Å². The average Bonchev–Trinajstić information content (AvgIpc) is 2.47. The Balaban J connectivity index is 2.55. The summed E-state index contributed by atoms with van der Waals surface area (Å²) in [5, 5.41) is 3.72. The molecule has 0 aliphatic carbocycles. The normalized spacial score (nSPS) is 18.7. The van der Waals surface area contributed by atoms with Gasteiger partial charge < -0.3 is 5.84 Å². The van der Waals surface area contributed by atoms with Crippen LogP contribution >= 0.6 is 11.8 Å². The summed E-state index contributed by atoms with van der Waals surface area (Å²) in [5.74, 6) is 6.14. The van der Waals surface area contributed by atoms with Crippen LogP contribution in [0, 0.1) is 0 Å². The van der Waals surface area contributed by atoms with Gasteiger partial charge in [0.1, 0.15) is 0 Å². The fourth-order valence-electron chi connectivity index (χ4n) is 1.16. The van der Waals surface area contributed by atoms with E-state index < -0.39 is 0 Å². The molecule has 0 aromatic heterocycles. The minimum atomic E-state index is 0.913. The van der Waals surface area contributed by atoms with Gasteiger partial charge in [-0.05, 0) is 6.07 Å². The molecule has 0 fully saturated rings. The summed E-state index contributed by atoms with van der Waals surface area (Å²) in [5.41, 5.74) is 2.20. The first-order valence-corrected chi connectivity index (χ1v) is 4.39. The van der Waals surface area contributed by atoms with Crippen molar-refractivity contribution in [3.63, 3.8) is 0 Å². The second-order valence-corrected chi connectivity index (χ2v) is 3.38. The zero-order chi connectivity index (χ0) is 7.68. The van der Waals surface area contributed by atoms with Crippen LogP contribution in [-0.4, -0.2) is 11.5 Å². The van der Waals surface area contributed by atoms with E-state index in [0.717, 1.165) is 11.5 Å². The van der Waals surface area contributed by atoms with E-state index >= 15 is 0 Å². The minimum Gasteiger partial charge on any atom is -0.323 e. The number of benzene rings is 1. The number of thioether (sulfide) groups is 1. The summed E-state index contributed by atoms with van der Waals surface area (Å²) in [6.07, 6.45) is 0. The van der Waals surface area contributed by atoms with Gasteiger partial charge in [-0.1, -0.05) is 18.2 Å². The van der Waals surface area contributed by atoms with Crippen molar-refractivity contribution in [1.82, 2.24) is 0 Å². The molecule has 0 saturated heterocycles. The lowest BCUT2D eigenvalue weighted by Gasteiger charge is -1.94. The molecule has 2 rings (SSSR count). The Morgan fingerprint density at radius 1 is 1.36 bits per heavy atom. The number of fused-ring (bicyclic) bond motifs is 1. The maximum absolute atomic E-state index is 5.22. The Morgan fingerprint density at radius 3 is 3.00 bits per heavy atom. The number of nitrogens with two attached hydrogens (primary N) is 1. The molecule has 0 amide bonds. The lowest BCUT2D eigenvalue weighted by atomic mass is 10.1. The van der Waals surface area contributed by atoms with Crippen molar-refractivity contribution in [3.05, 3.63) is 29.8 Å². The molecule has 1 aromatic carbocycles. The minimum absolute atomic E-state index is 0.913. The van der Waals surface area contributed by atoms with Crippen molar-refractivity contribution in [1.29, 1.82) is 0 Å². The third kappa shape index (κ3) is 1.01. The second-order valence-electron chi connectivity index (χ2n) is 2.36. The number of rotatable bonds is 0. The lowest BCUT2D eigenvalue weighted by molar-refractivity contribution is 1.24. The number of hydrogen-bond donors (Lipinski definition) is 1. The van der Waals surface area contributed by atoms with E-state index in [9.17, 15) is 0 Å². The average molecular weight is 164 g/mol. The number of nitrogens with zero attached hydrogens (tertiary/aromatic N) is 1. The fraction of sp³-hybridized carbons (Fsp3) is 0.125. The predicted octanol–water partition coefficient (Wildman–Crippen LogP) is 1.46. The summed E-state index contributed by atoms with van der Waals surface area (Å²) < 4.78 is 0. The maximum Gasteiger partial charge on any atom is 0.0786 e. The number of hydrogen-bond acceptors (Lipinski definition) is 3. The highest BCUT2D eigenvalue weighted by atomic mass is 32.2. The molecular weight excluding hydrogens is 156 g/mol. The Kier molecular flexibility index (Phi) is 1.58. The van der Waals surface area contributed by atoms with Crippen LogP contribution < -0.4 is 5.84 Å². The van der Waals surface area contributed by atoms with Crippen LogP contribution in [0.5, 0.6) is 0 Å². The van der Waals surface area contributed by atoms with Gasteiger partial charge in [-0.3, -0.25) is 0 Å². The number of hydrazone groups is 1. The molecule has 1 aromatic rings. The predicted molar refractivity (Wildman–Crippen MR) is 47.9 cm³/mol. The first-order chi connectivity index (χ1) is 5.42. The molecule has 3 heteroatoms. The molecule has 1 aliphatic heterocycles. The van der Waals surface area contributed by atoms with Crippen LogP contribution in [0.4, 0.5) is 0 Å². The van der Waals surface area contributed by atoms with Crippen molar-refractivity contribution >= 4 is 17.5 Å². The highest BCUT2D eigenvalue weighted by Crippen LogP contribution is 2.30. The van der Waals surface area contributed by atoms with Crippen LogP contribution in [0.15, 0.2) is 34.3 Å². The molecule has 56 valence electrons. The van der Waals surface area contributed by atoms with E-state index in [1.807, 2.05) is 12.1 Å². The third-order valence-corrected chi connectivity index (χ3v) is 2.80. The second kappa shape index (κ2) is 2.58. The highest BCUT2D eigenvalue weighted by molar-refractivity contribution is 8.00. The Bertz CT molecular complexity index is 307. The molecule has 0 bridgehead atoms. The molecule has 1 heterocycles. The van der Waals surface area contributed by atoms with E-state index in [1.54, 1.807) is 11.8 Å². The van der Waals surface area contributed by atoms with Crippen LogP contribution in [0.2, 0.25) is 0 Å². The smallest absolute Gasteiger partial charge is 0.0786 e. The molecule has 0 radical (unpaired) electrons. The summed E-state index contributed by atoms with van der Waals surface area (Å²) in [6.45, 7) is 0. The van der Waals surface area contributed by atoms with Crippen molar-refractivity contribution in [2.45, 2.75) is 4.90 Å². The van der Waals surface area contributed by atoms with Crippen LogP contribution in [0.1, 0.15) is 5.56 Å². The van der Waals surface area contributed by atoms with Crippen molar-refractivity contribution in [3.8, 4) is 0 Å². The largest absolute Gasteiger partial charge is 0.323 e. The molecule has 2 nitrogen and oxygen atoms in total. The van der Waals surface area contributed by atoms with Gasteiger partial charge in [-0.25, -0.2) is 0 Å². The van der Waals surface area contributed by atoms with Gasteiger partial charge in [0.05, 0.1) is 5.71 Å². The molecule has 0 unspecified atom stereocenters. The van der Waals surface area contributed by atoms with Gasteiger partial charge in [0.25, 0.3) is 0 Å². The monoisotopic (exact) mass is 164 g/mol. The van der Waals surface area contributed by atoms with Crippen molar-refractivity contribution in [2.75, 3.05) is 5.75 Å². The Morgan fingerprint density at radius 2 is 2.18 bits per heavy atom. The Hall–Kier alpha value is -0.960. The van der Waals surface area contributed by atoms with Crippen molar-refractivity contribution < 1.29 is 0 Å². The molecule has 11 heavy (non-hydrogen) atoms. The SMILES string of the molecule is NN=C1CSc2ccccc21. The Labute approximate surface area is 69.5 Å². The van der Waals surface area contributed by atoms with E-state index in [0.29, 0.717) is 0 Å². The van der Waals surface area contributed by atoms with Gasteiger partial charge in [0.2, 0.25) is 0 Å². The molecular formula is C8H8N2S. The quantitative estimate of drug-likeness (QED) is 0.465. The van der Waals surface area contributed by atoms with E-state index in [2.05, 4.69) is 17.2 Å². The molecule has 2 N–H and O–H groups in total. The van der Waals surface area contributed by atoms with Crippen LogP contribution in [0.3, 0.4) is 0 Å². The summed E-state index contributed by atoms with van der Waals surface area (Å²) in [7, 11) is 0. The topological polar surface area (TPSA) is 38.4 Å². The van der Waals surface area contributed by atoms with Gasteiger partial charge in [0.15, 0.2) is 0 Å². The standard InChI is InChI=1S/C8H8N2S/c9-10-7-5-11-8-4-2-1-3-6(7)8/h1-4H,5,9H2. The first-order valence-electron chi connectivity index (χ1n) is 3.41. The third-order valence-electron chi connectivity index (χ3n) is 1.72. The van der Waals surface area contributed by atoms with Crippen LogP contribution in [-0.2, 0) is 0 Å². The van der Waals surface area contributed by atoms with Crippen LogP contribution in [0.25, 0.3) is 0 Å². The molecule has 0 atom stereocenters. The zero-order valence-corrected chi connectivity index (χ0v) is 6.77. The zero-order valence-electron chi connectivity index (χ0n) is 5.95. The summed E-state index contributed by atoms with van der Waals surface area (Å²) >= 11 is 1.79. The lowest BCUT2D eigenvalue weighted by Crippen LogP contribution is -2.01. The molecule has 1 aliphatic rings. The summed E-state index contributed by atoms with van der Waals surface area (Å²) in [6, 6.07) is 8.19. The van der Waals surface area contributed by atoms with E-state index in [-0.39, 0.29) is 0 Å². The van der Waals surface area contributed by atoms with Gasteiger partial charge in [-0.2, -0.15) is 5.10 Å². The highest BCUT2D eigenvalue weighted by Gasteiger charge is 2.16. The molecule has 0 saturated carbocycles. The van der Waals surface area contributed by atoms with Crippen molar-refractivity contribution in [2.24, 2.45) is 10.9 Å². The van der Waals surface area contributed by atoms with Gasteiger partial charge >= 0.3 is 0 Å². The maximum atomic E-state index is 5.22. The summed E-state index contributed by atoms with van der Waals surface area (Å²) in [4.78, 5) is 1.29. The first kappa shape index (κ1) is 6.73. The fourth-order valence-corrected chi connectivity index (χ4v) is 2.20. The van der Waals surface area contributed by atoms with Gasteiger partial charge in [-0.15, -0.1) is 11.8 Å².